The minimum atomic E-state index is 0.0251. The van der Waals surface area contributed by atoms with E-state index in [9.17, 15) is 4.79 Å². The quantitative estimate of drug-likeness (QED) is 0.775. The van der Waals surface area contributed by atoms with Gasteiger partial charge in [-0.25, -0.2) is 0 Å². The summed E-state index contributed by atoms with van der Waals surface area (Å²) in [5, 5.41) is 7.19. The molecule has 17 heavy (non-hydrogen) atoms. The van der Waals surface area contributed by atoms with Crippen LogP contribution in [0.1, 0.15) is 0 Å². The highest BCUT2D eigenvalue weighted by Crippen LogP contribution is 2.46. The number of carbonyl (C=O) groups excluding carboxylic acids is 1. The molecule has 2 aliphatic rings. The number of benzene rings is 1. The van der Waals surface area contributed by atoms with Gasteiger partial charge >= 0.3 is 0 Å². The van der Waals surface area contributed by atoms with E-state index in [-0.39, 0.29) is 10.6 Å². The topological polar surface area (TPSA) is 41.1 Å². The lowest BCUT2D eigenvalue weighted by molar-refractivity contribution is -0.116. The van der Waals surface area contributed by atoms with Crippen molar-refractivity contribution in [3.8, 4) is 0 Å². The molecule has 0 radical (unpaired) electrons. The molecule has 88 valence electrons. The van der Waals surface area contributed by atoms with Crippen molar-refractivity contribution in [1.82, 2.24) is 5.32 Å². The van der Waals surface area contributed by atoms with Crippen molar-refractivity contribution in [2.75, 3.05) is 11.6 Å². The van der Waals surface area contributed by atoms with Crippen LogP contribution in [-0.4, -0.2) is 16.9 Å². The van der Waals surface area contributed by atoms with E-state index in [4.69, 9.17) is 0 Å². The molecule has 0 saturated carbocycles. The number of fused-ring (bicyclic) bond motifs is 1. The minimum absolute atomic E-state index is 0.0251. The van der Waals surface area contributed by atoms with Crippen LogP contribution in [0.2, 0.25) is 0 Å². The first-order chi connectivity index (χ1) is 8.28. The van der Waals surface area contributed by atoms with E-state index in [0.29, 0.717) is 0 Å². The molecule has 1 fully saturated rings. The van der Waals surface area contributed by atoms with Crippen LogP contribution in [0.25, 0.3) is 0 Å². The largest absolute Gasteiger partial charge is 0.348 e. The average Bonchev–Trinajstić information content (AvgIpc) is 2.91. The Balaban J connectivity index is 1.91. The Kier molecular flexibility index (Phi) is 3.02. The van der Waals surface area contributed by atoms with Gasteiger partial charge in [0, 0.05) is 4.90 Å². The number of amides is 1. The Bertz CT molecular complexity index is 488. The number of anilines is 1. The van der Waals surface area contributed by atoms with Gasteiger partial charge in [-0.1, -0.05) is 35.7 Å². The normalized spacial score (nSPS) is 26.6. The van der Waals surface area contributed by atoms with E-state index in [1.54, 1.807) is 35.3 Å². The molecule has 1 unspecified atom stereocenters. The third-order valence-corrected chi connectivity index (χ3v) is 6.03. The number of carbonyl (C=O) groups is 1. The highest BCUT2D eigenvalue weighted by atomic mass is 32.2. The lowest BCUT2D eigenvalue weighted by Crippen LogP contribution is -2.21. The highest BCUT2D eigenvalue weighted by molar-refractivity contribution is 8.19. The van der Waals surface area contributed by atoms with Crippen molar-refractivity contribution in [1.29, 1.82) is 0 Å². The van der Waals surface area contributed by atoms with Crippen LogP contribution in [0.3, 0.4) is 0 Å². The summed E-state index contributed by atoms with van der Waals surface area (Å²) in [7, 11) is 0. The third kappa shape index (κ3) is 2.05. The van der Waals surface area contributed by atoms with Crippen LogP contribution >= 0.6 is 35.3 Å². The average molecular weight is 282 g/mol. The molecule has 2 aliphatic heterocycles. The first-order valence-electron chi connectivity index (χ1n) is 5.06. The molecular weight excluding hydrogens is 272 g/mol. The molecule has 1 amide bonds. The summed E-state index contributed by atoms with van der Waals surface area (Å²) in [6.45, 7) is 0. The van der Waals surface area contributed by atoms with Gasteiger partial charge in [-0.3, -0.25) is 4.79 Å². The lowest BCUT2D eigenvalue weighted by Gasteiger charge is -2.02. The van der Waals surface area contributed by atoms with Gasteiger partial charge < -0.3 is 10.6 Å². The molecule has 2 N–H and O–H groups in total. The fourth-order valence-electron chi connectivity index (χ4n) is 1.65. The number of rotatable bonds is 1. The summed E-state index contributed by atoms with van der Waals surface area (Å²) >= 11 is 4.85. The van der Waals surface area contributed by atoms with Crippen molar-refractivity contribution < 1.29 is 4.79 Å². The molecule has 3 nitrogen and oxygen atoms in total. The van der Waals surface area contributed by atoms with Crippen LogP contribution in [0.4, 0.5) is 5.69 Å². The Hall–Kier alpha value is -0.720. The van der Waals surface area contributed by atoms with Gasteiger partial charge in [-0.15, -0.1) is 11.8 Å². The highest BCUT2D eigenvalue weighted by Gasteiger charge is 2.32. The zero-order valence-electron chi connectivity index (χ0n) is 9.02. The van der Waals surface area contributed by atoms with E-state index in [1.165, 1.54) is 4.90 Å². The van der Waals surface area contributed by atoms with E-state index in [1.807, 2.05) is 24.5 Å². The van der Waals surface area contributed by atoms with Crippen molar-refractivity contribution in [3.63, 3.8) is 0 Å². The first-order valence-corrected chi connectivity index (χ1v) is 8.05. The summed E-state index contributed by atoms with van der Waals surface area (Å²) < 4.78 is 0.135. The molecule has 0 aliphatic carbocycles. The molecule has 0 spiro atoms. The number of hydrogen-bond donors (Lipinski definition) is 2. The van der Waals surface area contributed by atoms with Gasteiger partial charge in [-0.05, 0) is 18.4 Å². The van der Waals surface area contributed by atoms with Crippen molar-refractivity contribution in [3.05, 3.63) is 34.2 Å². The van der Waals surface area contributed by atoms with Gasteiger partial charge in [0.05, 0.1) is 10.7 Å². The van der Waals surface area contributed by atoms with Gasteiger partial charge in [0.1, 0.15) is 9.61 Å². The number of hydrogen-bond acceptors (Lipinski definition) is 5. The summed E-state index contributed by atoms with van der Waals surface area (Å²) in [6.07, 6.45) is 2.00. The van der Waals surface area contributed by atoms with E-state index in [2.05, 4.69) is 16.7 Å². The zero-order valence-corrected chi connectivity index (χ0v) is 11.5. The first kappa shape index (κ1) is 11.4. The fraction of sp³-hybridized carbons (Fsp3) is 0.182. The molecule has 0 aromatic heterocycles. The minimum Gasteiger partial charge on any atom is -0.348 e. The molecule has 1 aromatic carbocycles. The van der Waals surface area contributed by atoms with Crippen molar-refractivity contribution in [2.24, 2.45) is 0 Å². The van der Waals surface area contributed by atoms with Crippen molar-refractivity contribution in [2.45, 2.75) is 9.60 Å². The second kappa shape index (κ2) is 4.51. The Labute approximate surface area is 112 Å². The standard InChI is InChI=1S/C11H10N2OS3/c1-15-11-13-9(14)8(17-11)10-12-6-4-2-3-5-7(6)16-10/h2-5,11-12H,1H3,(H,13,14)/b10-8-. The molecular formula is C11H10N2OS3. The predicted molar refractivity (Wildman–Crippen MR) is 76.0 cm³/mol. The number of para-hydroxylation sites is 1. The van der Waals surface area contributed by atoms with Gasteiger partial charge in [0.2, 0.25) is 0 Å². The predicted octanol–water partition coefficient (Wildman–Crippen LogP) is 2.88. The van der Waals surface area contributed by atoms with E-state index < -0.39 is 0 Å². The summed E-state index contributed by atoms with van der Waals surface area (Å²) in [4.78, 5) is 13.8. The molecule has 0 bridgehead atoms. The summed E-state index contributed by atoms with van der Waals surface area (Å²) in [6, 6.07) is 8.09. The monoisotopic (exact) mass is 282 g/mol. The maximum Gasteiger partial charge on any atom is 0.262 e. The number of nitrogens with one attached hydrogen (secondary N) is 2. The SMILES string of the molecule is CSC1NC(=O)/C(=C2\Nc3ccccc3S2)S1. The molecule has 1 atom stereocenters. The van der Waals surface area contributed by atoms with Crippen LogP contribution in [0, 0.1) is 0 Å². The van der Waals surface area contributed by atoms with Crippen LogP contribution in [0.5, 0.6) is 0 Å². The van der Waals surface area contributed by atoms with E-state index in [0.717, 1.165) is 15.6 Å². The van der Waals surface area contributed by atoms with Crippen LogP contribution < -0.4 is 10.6 Å². The summed E-state index contributed by atoms with van der Waals surface area (Å²) in [5.41, 5.74) is 1.08. The molecule has 3 rings (SSSR count). The van der Waals surface area contributed by atoms with Gasteiger partial charge in [0.15, 0.2) is 0 Å². The second-order valence-corrected chi connectivity index (χ2v) is 6.95. The Morgan fingerprint density at radius 1 is 1.35 bits per heavy atom. The fourth-order valence-corrected chi connectivity index (χ4v) is 4.46. The van der Waals surface area contributed by atoms with E-state index >= 15 is 0 Å². The van der Waals surface area contributed by atoms with Crippen LogP contribution in [0.15, 0.2) is 39.1 Å². The number of thioether (sulfide) groups is 3. The van der Waals surface area contributed by atoms with Crippen molar-refractivity contribution >= 4 is 46.9 Å². The third-order valence-electron chi connectivity index (χ3n) is 2.45. The lowest BCUT2D eigenvalue weighted by atomic mass is 10.3. The molecule has 6 heteroatoms. The van der Waals surface area contributed by atoms with Gasteiger partial charge in [0.25, 0.3) is 5.91 Å². The van der Waals surface area contributed by atoms with Gasteiger partial charge in [-0.2, -0.15) is 0 Å². The zero-order chi connectivity index (χ0) is 11.8. The van der Waals surface area contributed by atoms with Crippen LogP contribution in [-0.2, 0) is 4.79 Å². The summed E-state index contributed by atoms with van der Waals surface area (Å²) in [5.74, 6) is 0.0251. The maximum absolute atomic E-state index is 11.8. The second-order valence-electron chi connectivity index (χ2n) is 3.54. The molecule has 1 saturated heterocycles. The molecule has 2 heterocycles. The molecule has 1 aromatic rings. The smallest absolute Gasteiger partial charge is 0.262 e. The Morgan fingerprint density at radius 2 is 2.18 bits per heavy atom. The maximum atomic E-state index is 11.8. The Morgan fingerprint density at radius 3 is 2.88 bits per heavy atom.